The molecule has 1 atom stereocenters. The first-order valence-corrected chi connectivity index (χ1v) is 7.25. The number of hydrogen-bond donors (Lipinski definition) is 1. The van der Waals surface area contributed by atoms with Crippen molar-refractivity contribution in [2.24, 2.45) is 0 Å². The van der Waals surface area contributed by atoms with Gasteiger partial charge in [-0.15, -0.1) is 0 Å². The highest BCUT2D eigenvalue weighted by Crippen LogP contribution is 2.11. The van der Waals surface area contributed by atoms with Crippen LogP contribution in [-0.2, 0) is 12.8 Å². The molecule has 0 aliphatic rings. The molecule has 0 fully saturated rings. The van der Waals surface area contributed by atoms with Crippen LogP contribution in [0.3, 0.4) is 0 Å². The van der Waals surface area contributed by atoms with Gasteiger partial charge in [0.1, 0.15) is 0 Å². The van der Waals surface area contributed by atoms with Crippen LogP contribution in [0.15, 0.2) is 24.3 Å². The van der Waals surface area contributed by atoms with E-state index in [9.17, 15) is 5.11 Å². The number of thioether (sulfide) groups is 1. The minimum Gasteiger partial charge on any atom is -0.392 e. The predicted octanol–water partition coefficient (Wildman–Crippen LogP) is 3.30. The first-order chi connectivity index (χ1) is 7.76. The number of aliphatic hydroxyl groups is 1. The van der Waals surface area contributed by atoms with Gasteiger partial charge in [-0.25, -0.2) is 0 Å². The second-order valence-corrected chi connectivity index (χ2v) is 5.25. The Morgan fingerprint density at radius 2 is 1.75 bits per heavy atom. The van der Waals surface area contributed by atoms with Crippen molar-refractivity contribution in [1.82, 2.24) is 0 Å². The van der Waals surface area contributed by atoms with Crippen molar-refractivity contribution in [3.63, 3.8) is 0 Å². The Hall–Kier alpha value is -0.470. The van der Waals surface area contributed by atoms with Crippen LogP contribution in [0.25, 0.3) is 0 Å². The Morgan fingerprint density at radius 1 is 1.12 bits per heavy atom. The molecule has 1 rings (SSSR count). The van der Waals surface area contributed by atoms with E-state index in [2.05, 4.69) is 38.1 Å². The standard InChI is InChI=1S/C14H22OS/c1-3-9-16-11-14(15)10-13-7-5-12(4-2)6-8-13/h5-8,14-15H,3-4,9-11H2,1-2H3. The summed E-state index contributed by atoms with van der Waals surface area (Å²) in [5.41, 5.74) is 2.60. The fourth-order valence-electron chi connectivity index (χ4n) is 1.61. The highest BCUT2D eigenvalue weighted by molar-refractivity contribution is 7.99. The summed E-state index contributed by atoms with van der Waals surface area (Å²) < 4.78 is 0. The highest BCUT2D eigenvalue weighted by Gasteiger charge is 2.05. The summed E-state index contributed by atoms with van der Waals surface area (Å²) in [6.45, 7) is 4.33. The van der Waals surface area contributed by atoms with Crippen LogP contribution in [0.4, 0.5) is 0 Å². The van der Waals surface area contributed by atoms with Gasteiger partial charge >= 0.3 is 0 Å². The molecule has 0 saturated carbocycles. The Morgan fingerprint density at radius 3 is 2.31 bits per heavy atom. The zero-order valence-electron chi connectivity index (χ0n) is 10.3. The van der Waals surface area contributed by atoms with Crippen LogP contribution in [0.1, 0.15) is 31.4 Å². The van der Waals surface area contributed by atoms with Crippen molar-refractivity contribution in [3.05, 3.63) is 35.4 Å². The van der Waals surface area contributed by atoms with Crippen molar-refractivity contribution >= 4 is 11.8 Å². The summed E-state index contributed by atoms with van der Waals surface area (Å²) in [5.74, 6) is 2.00. The van der Waals surface area contributed by atoms with E-state index in [1.54, 1.807) is 0 Å². The van der Waals surface area contributed by atoms with E-state index >= 15 is 0 Å². The topological polar surface area (TPSA) is 20.2 Å². The molecule has 16 heavy (non-hydrogen) atoms. The van der Waals surface area contributed by atoms with Crippen molar-refractivity contribution < 1.29 is 5.11 Å². The van der Waals surface area contributed by atoms with Gasteiger partial charge in [0, 0.05) is 5.75 Å². The van der Waals surface area contributed by atoms with E-state index in [1.165, 1.54) is 17.5 Å². The molecule has 0 heterocycles. The molecule has 90 valence electrons. The fourth-order valence-corrected chi connectivity index (χ4v) is 2.45. The highest BCUT2D eigenvalue weighted by atomic mass is 32.2. The summed E-state index contributed by atoms with van der Waals surface area (Å²) in [5, 5.41) is 9.83. The van der Waals surface area contributed by atoms with Crippen LogP contribution >= 0.6 is 11.8 Å². The average Bonchev–Trinajstić information content (AvgIpc) is 2.30. The maximum Gasteiger partial charge on any atom is 0.0670 e. The zero-order valence-corrected chi connectivity index (χ0v) is 11.1. The number of hydrogen-bond acceptors (Lipinski definition) is 2. The van der Waals surface area contributed by atoms with Gasteiger partial charge in [0.15, 0.2) is 0 Å². The van der Waals surface area contributed by atoms with Crippen molar-refractivity contribution in [2.75, 3.05) is 11.5 Å². The molecular weight excluding hydrogens is 216 g/mol. The second kappa shape index (κ2) is 7.75. The van der Waals surface area contributed by atoms with Crippen LogP contribution in [0.5, 0.6) is 0 Å². The van der Waals surface area contributed by atoms with Gasteiger partial charge in [0.2, 0.25) is 0 Å². The molecule has 0 saturated heterocycles. The lowest BCUT2D eigenvalue weighted by molar-refractivity contribution is 0.200. The molecule has 1 unspecified atom stereocenters. The van der Waals surface area contributed by atoms with Gasteiger partial charge in [0.05, 0.1) is 6.10 Å². The first kappa shape index (κ1) is 13.6. The fraction of sp³-hybridized carbons (Fsp3) is 0.571. The predicted molar refractivity (Wildman–Crippen MR) is 73.1 cm³/mol. The van der Waals surface area contributed by atoms with Gasteiger partial charge in [-0.3, -0.25) is 0 Å². The molecular formula is C14H22OS. The normalized spacial score (nSPS) is 12.7. The van der Waals surface area contributed by atoms with Crippen LogP contribution in [-0.4, -0.2) is 22.7 Å². The quantitative estimate of drug-likeness (QED) is 0.736. The summed E-state index contributed by atoms with van der Waals surface area (Å²) in [6.07, 6.45) is 2.84. The maximum atomic E-state index is 9.83. The SMILES string of the molecule is CCCSCC(O)Cc1ccc(CC)cc1. The number of rotatable bonds is 7. The van der Waals surface area contributed by atoms with E-state index in [4.69, 9.17) is 0 Å². The first-order valence-electron chi connectivity index (χ1n) is 6.09. The Balaban J connectivity index is 2.34. The maximum absolute atomic E-state index is 9.83. The third kappa shape index (κ3) is 5.04. The third-order valence-electron chi connectivity index (χ3n) is 2.56. The van der Waals surface area contributed by atoms with E-state index in [0.717, 1.165) is 24.3 Å². The minimum absolute atomic E-state index is 0.205. The van der Waals surface area contributed by atoms with Gasteiger partial charge in [-0.1, -0.05) is 38.1 Å². The lowest BCUT2D eigenvalue weighted by Crippen LogP contribution is -2.13. The zero-order chi connectivity index (χ0) is 11.8. The molecule has 0 aliphatic heterocycles. The summed E-state index contributed by atoms with van der Waals surface area (Å²) in [4.78, 5) is 0. The van der Waals surface area contributed by atoms with E-state index < -0.39 is 0 Å². The minimum atomic E-state index is -0.205. The molecule has 0 amide bonds. The number of aryl methyl sites for hydroxylation is 1. The molecule has 1 aromatic carbocycles. The summed E-state index contributed by atoms with van der Waals surface area (Å²) in [7, 11) is 0. The van der Waals surface area contributed by atoms with Gasteiger partial charge in [-0.05, 0) is 36.1 Å². The summed E-state index contributed by atoms with van der Waals surface area (Å²) >= 11 is 1.84. The van der Waals surface area contributed by atoms with Crippen molar-refractivity contribution in [3.8, 4) is 0 Å². The Kier molecular flexibility index (Phi) is 6.58. The van der Waals surface area contributed by atoms with Crippen molar-refractivity contribution in [2.45, 2.75) is 39.2 Å². The molecule has 2 heteroatoms. The van der Waals surface area contributed by atoms with Crippen LogP contribution in [0, 0.1) is 0 Å². The molecule has 1 N–H and O–H groups in total. The average molecular weight is 238 g/mol. The van der Waals surface area contributed by atoms with Gasteiger partial charge in [-0.2, -0.15) is 11.8 Å². The Labute approximate surface area is 103 Å². The van der Waals surface area contributed by atoms with Crippen LogP contribution in [0.2, 0.25) is 0 Å². The molecule has 1 nitrogen and oxygen atoms in total. The van der Waals surface area contributed by atoms with Gasteiger partial charge in [0.25, 0.3) is 0 Å². The van der Waals surface area contributed by atoms with E-state index in [0.29, 0.717) is 0 Å². The molecule has 0 aliphatic carbocycles. The second-order valence-electron chi connectivity index (χ2n) is 4.10. The number of aliphatic hydroxyl groups excluding tert-OH is 1. The monoisotopic (exact) mass is 238 g/mol. The molecule has 0 aromatic heterocycles. The summed E-state index contributed by atoms with van der Waals surface area (Å²) in [6, 6.07) is 8.57. The molecule has 0 radical (unpaired) electrons. The van der Waals surface area contributed by atoms with Crippen LogP contribution < -0.4 is 0 Å². The number of benzene rings is 1. The molecule has 1 aromatic rings. The van der Waals surface area contributed by atoms with E-state index in [1.807, 2.05) is 11.8 Å². The van der Waals surface area contributed by atoms with Gasteiger partial charge < -0.3 is 5.11 Å². The Bertz CT molecular complexity index is 281. The van der Waals surface area contributed by atoms with Crippen molar-refractivity contribution in [1.29, 1.82) is 0 Å². The van der Waals surface area contributed by atoms with E-state index in [-0.39, 0.29) is 6.10 Å². The molecule has 0 bridgehead atoms. The largest absolute Gasteiger partial charge is 0.392 e. The third-order valence-corrected chi connectivity index (χ3v) is 3.88. The lowest BCUT2D eigenvalue weighted by atomic mass is 10.1. The molecule has 0 spiro atoms. The lowest BCUT2D eigenvalue weighted by Gasteiger charge is -2.10. The smallest absolute Gasteiger partial charge is 0.0670 e.